The van der Waals surface area contributed by atoms with Gasteiger partial charge in [0.05, 0.1) is 5.57 Å². The molecular weight excluding hydrogens is 216 g/mol. The van der Waals surface area contributed by atoms with E-state index in [9.17, 15) is 14.7 Å². The average molecular weight is 230 g/mol. The van der Waals surface area contributed by atoms with Crippen molar-refractivity contribution in [2.45, 2.75) is 25.7 Å². The number of hydrogen-bond acceptors (Lipinski definition) is 3. The molecule has 1 saturated carbocycles. The molecule has 1 fully saturated rings. The number of ketones is 2. The van der Waals surface area contributed by atoms with Gasteiger partial charge in [0.1, 0.15) is 5.76 Å². The first kappa shape index (κ1) is 11.6. The van der Waals surface area contributed by atoms with Gasteiger partial charge < -0.3 is 5.11 Å². The molecule has 3 heteroatoms. The van der Waals surface area contributed by atoms with Crippen LogP contribution in [0.25, 0.3) is 0 Å². The second kappa shape index (κ2) is 4.53. The Balaban J connectivity index is 2.27. The highest BCUT2D eigenvalue weighted by atomic mass is 16.3. The second-order valence-electron chi connectivity index (χ2n) is 4.32. The molecule has 2 rings (SSSR count). The minimum Gasteiger partial charge on any atom is -0.512 e. The first-order chi connectivity index (χ1) is 8.09. The molecule has 0 atom stereocenters. The molecule has 1 aromatic carbocycles. The molecule has 1 aliphatic rings. The van der Waals surface area contributed by atoms with Gasteiger partial charge >= 0.3 is 0 Å². The summed E-state index contributed by atoms with van der Waals surface area (Å²) < 4.78 is 0. The number of benzene rings is 1. The summed E-state index contributed by atoms with van der Waals surface area (Å²) in [5.74, 6) is -0.726. The first-order valence-corrected chi connectivity index (χ1v) is 5.60. The normalized spacial score (nSPS) is 20.5. The monoisotopic (exact) mass is 230 g/mol. The molecule has 0 unspecified atom stereocenters. The number of rotatable bonds is 1. The lowest BCUT2D eigenvalue weighted by Gasteiger charge is -2.22. The lowest BCUT2D eigenvalue weighted by Crippen LogP contribution is -2.25. The third-order valence-corrected chi connectivity index (χ3v) is 3.05. The van der Waals surface area contributed by atoms with Gasteiger partial charge in [-0.25, -0.2) is 0 Å². The Bertz CT molecular complexity index is 461. The van der Waals surface area contributed by atoms with Crippen LogP contribution in [0.5, 0.6) is 0 Å². The van der Waals surface area contributed by atoms with Gasteiger partial charge in [0.25, 0.3) is 0 Å². The molecule has 0 heterocycles. The Hall–Kier alpha value is -1.90. The fraction of sp³-hybridized carbons (Fsp3) is 0.286. The van der Waals surface area contributed by atoms with Crippen LogP contribution < -0.4 is 0 Å². The Morgan fingerprint density at radius 3 is 2.12 bits per heavy atom. The summed E-state index contributed by atoms with van der Waals surface area (Å²) in [6.45, 7) is 1.38. The van der Waals surface area contributed by atoms with Gasteiger partial charge in [-0.15, -0.1) is 0 Å². The molecule has 0 spiro atoms. The summed E-state index contributed by atoms with van der Waals surface area (Å²) in [5.41, 5.74) is 0.987. The van der Waals surface area contributed by atoms with Crippen LogP contribution in [-0.2, 0) is 9.59 Å². The van der Waals surface area contributed by atoms with Crippen LogP contribution in [0.15, 0.2) is 41.7 Å². The molecule has 1 aromatic rings. The van der Waals surface area contributed by atoms with E-state index < -0.39 is 0 Å². The Kier molecular flexibility index (Phi) is 3.09. The predicted octanol–water partition coefficient (Wildman–Crippen LogP) is 2.53. The molecule has 0 aliphatic heterocycles. The van der Waals surface area contributed by atoms with Crippen molar-refractivity contribution in [3.05, 3.63) is 47.2 Å². The van der Waals surface area contributed by atoms with E-state index in [4.69, 9.17) is 0 Å². The van der Waals surface area contributed by atoms with E-state index in [1.54, 1.807) is 0 Å². The molecule has 17 heavy (non-hydrogen) atoms. The largest absolute Gasteiger partial charge is 0.512 e. The number of carbonyl (C=O) groups excluding carboxylic acids is 2. The Morgan fingerprint density at radius 1 is 1.12 bits per heavy atom. The van der Waals surface area contributed by atoms with E-state index >= 15 is 0 Å². The fourth-order valence-corrected chi connectivity index (χ4v) is 2.24. The van der Waals surface area contributed by atoms with Gasteiger partial charge in [-0.2, -0.15) is 0 Å². The number of Topliss-reactive ketones (excluding diaryl/α,β-unsaturated/α-hetero) is 2. The third kappa shape index (κ3) is 2.28. The highest BCUT2D eigenvalue weighted by Gasteiger charge is 2.32. The fourth-order valence-electron chi connectivity index (χ4n) is 2.24. The zero-order valence-electron chi connectivity index (χ0n) is 9.64. The van der Waals surface area contributed by atoms with E-state index in [1.807, 2.05) is 30.3 Å². The topological polar surface area (TPSA) is 54.4 Å². The van der Waals surface area contributed by atoms with Crippen LogP contribution in [0.4, 0.5) is 0 Å². The quantitative estimate of drug-likeness (QED) is 0.458. The molecule has 0 bridgehead atoms. The van der Waals surface area contributed by atoms with Crippen molar-refractivity contribution >= 4 is 11.6 Å². The van der Waals surface area contributed by atoms with Crippen molar-refractivity contribution in [2.75, 3.05) is 0 Å². The Morgan fingerprint density at radius 2 is 1.65 bits per heavy atom. The maximum Gasteiger partial charge on any atom is 0.170 e. The standard InChI is InChI=1S/C14H14O3/c1-9(15)14-12(16)7-11(8-13(14)17)10-5-3-2-4-6-10/h2-6,11,15H,7-8H2,1H3. The molecule has 3 nitrogen and oxygen atoms in total. The lowest BCUT2D eigenvalue weighted by atomic mass is 9.79. The van der Waals surface area contributed by atoms with Crippen LogP contribution in [0, 0.1) is 0 Å². The third-order valence-electron chi connectivity index (χ3n) is 3.05. The zero-order valence-corrected chi connectivity index (χ0v) is 9.64. The van der Waals surface area contributed by atoms with Gasteiger partial charge in [0.15, 0.2) is 11.6 Å². The lowest BCUT2D eigenvalue weighted by molar-refractivity contribution is -0.124. The summed E-state index contributed by atoms with van der Waals surface area (Å²) in [5, 5.41) is 9.31. The van der Waals surface area contributed by atoms with E-state index in [0.29, 0.717) is 12.8 Å². The molecule has 0 aromatic heterocycles. The van der Waals surface area contributed by atoms with Gasteiger partial charge in [-0.05, 0) is 18.4 Å². The van der Waals surface area contributed by atoms with Gasteiger partial charge in [0, 0.05) is 12.8 Å². The van der Waals surface area contributed by atoms with E-state index in [0.717, 1.165) is 5.56 Å². The van der Waals surface area contributed by atoms with Gasteiger partial charge in [-0.1, -0.05) is 30.3 Å². The minimum atomic E-state index is -0.255. The smallest absolute Gasteiger partial charge is 0.170 e. The SMILES string of the molecule is CC(O)=C1C(=O)CC(c2ccccc2)CC1=O. The van der Waals surface area contributed by atoms with Crippen molar-refractivity contribution in [2.24, 2.45) is 0 Å². The highest BCUT2D eigenvalue weighted by Crippen LogP contribution is 2.32. The summed E-state index contributed by atoms with van der Waals surface area (Å²) in [4.78, 5) is 23.6. The average Bonchev–Trinajstić information content (AvgIpc) is 2.28. The van der Waals surface area contributed by atoms with E-state index in [1.165, 1.54) is 6.92 Å². The number of aliphatic hydroxyl groups excluding tert-OH is 1. The molecule has 0 radical (unpaired) electrons. The Labute approximate surface area is 99.8 Å². The van der Waals surface area contributed by atoms with Gasteiger partial charge in [0.2, 0.25) is 0 Å². The van der Waals surface area contributed by atoms with E-state index in [-0.39, 0.29) is 28.8 Å². The minimum absolute atomic E-state index is 0.0165. The highest BCUT2D eigenvalue weighted by molar-refractivity contribution is 6.22. The molecular formula is C14H14O3. The predicted molar refractivity (Wildman–Crippen MR) is 63.8 cm³/mol. The van der Waals surface area contributed by atoms with Crippen LogP contribution in [0.3, 0.4) is 0 Å². The van der Waals surface area contributed by atoms with Crippen LogP contribution in [0.2, 0.25) is 0 Å². The van der Waals surface area contributed by atoms with Gasteiger partial charge in [-0.3, -0.25) is 9.59 Å². The number of aliphatic hydroxyl groups is 1. The maximum absolute atomic E-state index is 11.8. The van der Waals surface area contributed by atoms with Crippen LogP contribution in [-0.4, -0.2) is 16.7 Å². The molecule has 0 amide bonds. The second-order valence-corrected chi connectivity index (χ2v) is 4.32. The zero-order chi connectivity index (χ0) is 12.4. The molecule has 1 N–H and O–H groups in total. The van der Waals surface area contributed by atoms with E-state index in [2.05, 4.69) is 0 Å². The molecule has 88 valence electrons. The molecule has 0 saturated heterocycles. The van der Waals surface area contributed by atoms with Crippen molar-refractivity contribution in [3.63, 3.8) is 0 Å². The summed E-state index contributed by atoms with van der Waals surface area (Å²) in [6, 6.07) is 9.54. The number of carbonyl (C=O) groups is 2. The summed E-state index contributed by atoms with van der Waals surface area (Å²) in [6.07, 6.45) is 0.589. The first-order valence-electron chi connectivity index (χ1n) is 5.60. The number of hydrogen-bond donors (Lipinski definition) is 1. The van der Waals surface area contributed by atoms with Crippen molar-refractivity contribution in [1.29, 1.82) is 0 Å². The van der Waals surface area contributed by atoms with Crippen molar-refractivity contribution in [3.8, 4) is 0 Å². The summed E-state index contributed by atoms with van der Waals surface area (Å²) in [7, 11) is 0. The number of allylic oxidation sites excluding steroid dienone is 2. The van der Waals surface area contributed by atoms with Crippen LogP contribution in [0.1, 0.15) is 31.2 Å². The van der Waals surface area contributed by atoms with Crippen LogP contribution >= 0.6 is 0 Å². The summed E-state index contributed by atoms with van der Waals surface area (Å²) >= 11 is 0. The van der Waals surface area contributed by atoms with Crippen molar-refractivity contribution in [1.82, 2.24) is 0 Å². The maximum atomic E-state index is 11.8. The van der Waals surface area contributed by atoms with Crippen molar-refractivity contribution < 1.29 is 14.7 Å². The molecule has 1 aliphatic carbocycles.